The molecule has 21 heavy (non-hydrogen) atoms. The smallest absolute Gasteiger partial charge is 0.254 e. The molecule has 106 valence electrons. The highest BCUT2D eigenvalue weighted by molar-refractivity contribution is 5.98. The van der Waals surface area contributed by atoms with E-state index < -0.39 is 0 Å². The molecular weight excluding hydrogens is 262 g/mol. The molecule has 0 bridgehead atoms. The average Bonchev–Trinajstić information content (AvgIpc) is 2.91. The van der Waals surface area contributed by atoms with Crippen LogP contribution in [0.4, 0.5) is 0 Å². The van der Waals surface area contributed by atoms with E-state index in [2.05, 4.69) is 0 Å². The van der Waals surface area contributed by atoms with Gasteiger partial charge in [-0.1, -0.05) is 30.3 Å². The van der Waals surface area contributed by atoms with E-state index in [0.717, 1.165) is 22.3 Å². The van der Waals surface area contributed by atoms with E-state index in [-0.39, 0.29) is 5.91 Å². The Hall–Kier alpha value is -2.55. The number of nitrogens with zero attached hydrogens (tertiary/aromatic N) is 1. The number of hydrogen-bond acceptors (Lipinski definition) is 2. The quantitative estimate of drug-likeness (QED) is 0.725. The van der Waals surface area contributed by atoms with Crippen LogP contribution in [0.2, 0.25) is 0 Å². The summed E-state index contributed by atoms with van der Waals surface area (Å²) in [6.07, 6.45) is 0. The van der Waals surface area contributed by atoms with Gasteiger partial charge in [-0.05, 0) is 42.0 Å². The normalized spacial score (nSPS) is 10.8. The van der Waals surface area contributed by atoms with Crippen LogP contribution < -0.4 is 0 Å². The van der Waals surface area contributed by atoms with E-state index in [0.29, 0.717) is 12.1 Å². The zero-order chi connectivity index (χ0) is 14.8. The van der Waals surface area contributed by atoms with E-state index in [1.807, 2.05) is 61.5 Å². The number of carbonyl (C=O) groups excluding carboxylic acids is 1. The molecule has 0 spiro atoms. The molecule has 0 unspecified atom stereocenters. The van der Waals surface area contributed by atoms with E-state index in [9.17, 15) is 4.79 Å². The zero-order valence-corrected chi connectivity index (χ0v) is 12.2. The Kier molecular flexibility index (Phi) is 3.48. The maximum Gasteiger partial charge on any atom is 0.254 e. The number of hydrogen-bond donors (Lipinski definition) is 0. The van der Waals surface area contributed by atoms with Gasteiger partial charge in [0.05, 0.1) is 6.54 Å². The standard InChI is InChI=1S/C18H17NO2/c1-13-7-10-17(21-13)12-19(2)18(20)16-9-8-14-5-3-4-6-15(14)11-16/h3-11H,12H2,1-2H3. The van der Waals surface area contributed by atoms with Crippen molar-refractivity contribution in [2.75, 3.05) is 7.05 Å². The number of fused-ring (bicyclic) bond motifs is 1. The van der Waals surface area contributed by atoms with Crippen LogP contribution >= 0.6 is 0 Å². The van der Waals surface area contributed by atoms with Crippen molar-refractivity contribution in [2.45, 2.75) is 13.5 Å². The summed E-state index contributed by atoms with van der Waals surface area (Å²) in [7, 11) is 1.79. The van der Waals surface area contributed by atoms with Gasteiger partial charge in [-0.2, -0.15) is 0 Å². The third kappa shape index (κ3) is 2.82. The van der Waals surface area contributed by atoms with Gasteiger partial charge in [0, 0.05) is 12.6 Å². The van der Waals surface area contributed by atoms with E-state index >= 15 is 0 Å². The highest BCUT2D eigenvalue weighted by Crippen LogP contribution is 2.17. The second-order valence-electron chi connectivity index (χ2n) is 5.24. The van der Waals surface area contributed by atoms with Gasteiger partial charge in [-0.15, -0.1) is 0 Å². The van der Waals surface area contributed by atoms with Crippen molar-refractivity contribution >= 4 is 16.7 Å². The van der Waals surface area contributed by atoms with Crippen molar-refractivity contribution in [2.24, 2.45) is 0 Å². The molecule has 3 nitrogen and oxygen atoms in total. The van der Waals surface area contributed by atoms with Gasteiger partial charge in [-0.25, -0.2) is 0 Å². The van der Waals surface area contributed by atoms with Gasteiger partial charge in [0.1, 0.15) is 11.5 Å². The largest absolute Gasteiger partial charge is 0.464 e. The minimum absolute atomic E-state index is 0.00481. The summed E-state index contributed by atoms with van der Waals surface area (Å²) in [4.78, 5) is 14.2. The number of rotatable bonds is 3. The average molecular weight is 279 g/mol. The number of amides is 1. The molecule has 0 radical (unpaired) electrons. The van der Waals surface area contributed by atoms with Crippen LogP contribution in [-0.4, -0.2) is 17.9 Å². The summed E-state index contributed by atoms with van der Waals surface area (Å²) >= 11 is 0. The van der Waals surface area contributed by atoms with Crippen molar-refractivity contribution in [1.82, 2.24) is 4.90 Å². The lowest BCUT2D eigenvalue weighted by atomic mass is 10.1. The summed E-state index contributed by atoms with van der Waals surface area (Å²) < 4.78 is 5.52. The van der Waals surface area contributed by atoms with Gasteiger partial charge in [0.15, 0.2) is 0 Å². The molecule has 0 N–H and O–H groups in total. The Morgan fingerprint density at radius 2 is 1.81 bits per heavy atom. The third-order valence-electron chi connectivity index (χ3n) is 3.53. The van der Waals surface area contributed by atoms with Crippen LogP contribution in [0.1, 0.15) is 21.9 Å². The van der Waals surface area contributed by atoms with E-state index in [1.54, 1.807) is 11.9 Å². The maximum absolute atomic E-state index is 12.5. The van der Waals surface area contributed by atoms with Crippen LogP contribution in [0, 0.1) is 6.92 Å². The Morgan fingerprint density at radius 3 is 2.52 bits per heavy atom. The van der Waals surface area contributed by atoms with Crippen LogP contribution in [0.3, 0.4) is 0 Å². The fraction of sp³-hybridized carbons (Fsp3) is 0.167. The van der Waals surface area contributed by atoms with Crippen LogP contribution in [0.5, 0.6) is 0 Å². The van der Waals surface area contributed by atoms with Crippen molar-refractivity contribution in [3.63, 3.8) is 0 Å². The first kappa shape index (κ1) is 13.4. The minimum atomic E-state index is -0.00481. The van der Waals surface area contributed by atoms with Crippen LogP contribution in [-0.2, 0) is 6.54 Å². The highest BCUT2D eigenvalue weighted by atomic mass is 16.3. The second kappa shape index (κ2) is 5.44. The van der Waals surface area contributed by atoms with Gasteiger partial charge >= 0.3 is 0 Å². The Labute approximate surface area is 123 Å². The van der Waals surface area contributed by atoms with Gasteiger partial charge < -0.3 is 9.32 Å². The Bertz CT molecular complexity index is 789. The Balaban J connectivity index is 1.82. The lowest BCUT2D eigenvalue weighted by Crippen LogP contribution is -2.25. The summed E-state index contributed by atoms with van der Waals surface area (Å²) in [5, 5.41) is 2.21. The molecule has 1 amide bonds. The molecule has 0 fully saturated rings. The summed E-state index contributed by atoms with van der Waals surface area (Å²) in [5.74, 6) is 1.65. The van der Waals surface area contributed by atoms with Gasteiger partial charge in [0.2, 0.25) is 0 Å². The molecule has 0 aliphatic heterocycles. The summed E-state index contributed by atoms with van der Waals surface area (Å²) in [5.41, 5.74) is 0.694. The fourth-order valence-corrected chi connectivity index (χ4v) is 2.42. The van der Waals surface area contributed by atoms with Gasteiger partial charge in [-0.3, -0.25) is 4.79 Å². The third-order valence-corrected chi connectivity index (χ3v) is 3.53. The van der Waals surface area contributed by atoms with Crippen LogP contribution in [0.15, 0.2) is 59.0 Å². The van der Waals surface area contributed by atoms with Crippen LogP contribution in [0.25, 0.3) is 10.8 Å². The molecule has 0 atom stereocenters. The first-order valence-electron chi connectivity index (χ1n) is 6.93. The molecule has 0 aliphatic rings. The first-order chi connectivity index (χ1) is 10.1. The summed E-state index contributed by atoms with van der Waals surface area (Å²) in [6, 6.07) is 17.6. The molecule has 1 heterocycles. The monoisotopic (exact) mass is 279 g/mol. The van der Waals surface area contributed by atoms with Crippen molar-refractivity contribution in [1.29, 1.82) is 0 Å². The van der Waals surface area contributed by atoms with Crippen molar-refractivity contribution in [3.05, 3.63) is 71.7 Å². The second-order valence-corrected chi connectivity index (χ2v) is 5.24. The Morgan fingerprint density at radius 1 is 1.05 bits per heavy atom. The molecule has 2 aromatic carbocycles. The highest BCUT2D eigenvalue weighted by Gasteiger charge is 2.13. The van der Waals surface area contributed by atoms with E-state index in [4.69, 9.17) is 4.42 Å². The molecule has 1 aromatic heterocycles. The van der Waals surface area contributed by atoms with Crippen molar-refractivity contribution < 1.29 is 9.21 Å². The predicted molar refractivity (Wildman–Crippen MR) is 83.2 cm³/mol. The number of aryl methyl sites for hydroxylation is 1. The maximum atomic E-state index is 12.5. The fourth-order valence-electron chi connectivity index (χ4n) is 2.42. The number of carbonyl (C=O) groups is 1. The molecule has 3 aromatic rings. The minimum Gasteiger partial charge on any atom is -0.464 e. The molecular formula is C18H17NO2. The molecule has 0 saturated heterocycles. The molecule has 0 saturated carbocycles. The SMILES string of the molecule is Cc1ccc(CN(C)C(=O)c2ccc3ccccc3c2)o1. The lowest BCUT2D eigenvalue weighted by molar-refractivity contribution is 0.0775. The predicted octanol–water partition coefficient (Wildman–Crippen LogP) is 4.01. The first-order valence-corrected chi connectivity index (χ1v) is 6.93. The lowest BCUT2D eigenvalue weighted by Gasteiger charge is -2.16. The zero-order valence-electron chi connectivity index (χ0n) is 12.2. The van der Waals surface area contributed by atoms with E-state index in [1.165, 1.54) is 0 Å². The molecule has 3 rings (SSSR count). The molecule has 3 heteroatoms. The number of furan rings is 1. The summed E-state index contributed by atoms with van der Waals surface area (Å²) in [6.45, 7) is 2.37. The number of benzene rings is 2. The van der Waals surface area contributed by atoms with Gasteiger partial charge in [0.25, 0.3) is 5.91 Å². The topological polar surface area (TPSA) is 33.5 Å². The molecule has 0 aliphatic carbocycles. The van der Waals surface area contributed by atoms with Crippen molar-refractivity contribution in [3.8, 4) is 0 Å².